The molecule has 0 unspecified atom stereocenters. The number of carbonyl (C=O) groups is 2. The Morgan fingerprint density at radius 2 is 1.85 bits per heavy atom. The van der Waals surface area contributed by atoms with Crippen LogP contribution in [-0.4, -0.2) is 71.0 Å². The monoisotopic (exact) mass is 596 g/mol. The summed E-state index contributed by atoms with van der Waals surface area (Å²) < 4.78 is 6.00. The van der Waals surface area contributed by atoms with Crippen LogP contribution in [0.2, 0.25) is 0 Å². The molecular formula is C28H29ClN6O3S2. The number of rotatable bonds is 8. The van der Waals surface area contributed by atoms with Crippen molar-refractivity contribution in [1.29, 1.82) is 0 Å². The van der Waals surface area contributed by atoms with Gasteiger partial charge in [0.25, 0.3) is 11.8 Å². The van der Waals surface area contributed by atoms with Gasteiger partial charge in [-0.25, -0.2) is 9.97 Å². The summed E-state index contributed by atoms with van der Waals surface area (Å²) in [5.41, 5.74) is 5.40. The van der Waals surface area contributed by atoms with E-state index in [2.05, 4.69) is 27.8 Å². The first-order chi connectivity index (χ1) is 19.0. The fourth-order valence-corrected chi connectivity index (χ4v) is 6.58. The Hall–Kier alpha value is -3.35. The highest BCUT2D eigenvalue weighted by Gasteiger charge is 2.30. The summed E-state index contributed by atoms with van der Waals surface area (Å²) in [5.74, 6) is 1.02. The number of hydrogen-bond acceptors (Lipinski definition) is 10. The number of aryl methyl sites for hydroxylation is 1. The number of carbonyl (C=O) groups excluding carboxylic acids is 2. The first-order valence-corrected chi connectivity index (χ1v) is 14.5. The fourth-order valence-electron chi connectivity index (χ4n) is 4.74. The Morgan fingerprint density at radius 3 is 2.52 bits per heavy atom. The molecule has 5 heterocycles. The Bertz CT molecular complexity index is 1560. The van der Waals surface area contributed by atoms with E-state index in [-0.39, 0.29) is 18.3 Å². The minimum Gasteiger partial charge on any atom is -0.492 e. The van der Waals surface area contributed by atoms with Crippen molar-refractivity contribution in [3.05, 3.63) is 59.0 Å². The number of nitrogens with zero attached hydrogens (tertiary/aromatic N) is 4. The van der Waals surface area contributed by atoms with E-state index in [1.807, 2.05) is 36.6 Å². The zero-order valence-corrected chi connectivity index (χ0v) is 24.5. The number of anilines is 1. The second-order valence-corrected chi connectivity index (χ2v) is 11.4. The molecular weight excluding hydrogens is 568 g/mol. The molecule has 0 saturated carbocycles. The van der Waals surface area contributed by atoms with Crippen molar-refractivity contribution in [2.24, 2.45) is 0 Å². The van der Waals surface area contributed by atoms with Gasteiger partial charge in [-0.15, -0.1) is 35.1 Å². The molecule has 12 heteroatoms. The number of hydrazine groups is 1. The molecule has 1 saturated heterocycles. The Labute approximate surface area is 246 Å². The highest BCUT2D eigenvalue weighted by Crippen LogP contribution is 2.42. The third-order valence-electron chi connectivity index (χ3n) is 6.85. The molecule has 40 heavy (non-hydrogen) atoms. The summed E-state index contributed by atoms with van der Waals surface area (Å²) in [6.45, 7) is 9.37. The molecule has 0 aliphatic carbocycles. The molecule has 208 valence electrons. The molecule has 1 fully saturated rings. The number of hydrogen-bond donors (Lipinski definition) is 2. The van der Waals surface area contributed by atoms with Crippen LogP contribution in [0, 0.1) is 6.92 Å². The lowest BCUT2D eigenvalue weighted by molar-refractivity contribution is -0.135. The summed E-state index contributed by atoms with van der Waals surface area (Å²) in [7, 11) is 0. The van der Waals surface area contributed by atoms with Crippen molar-refractivity contribution in [2.75, 3.05) is 44.8 Å². The SMILES string of the molecule is CC1=CC(=O)N(Nc2nc(-c3cccs3)nc3sc(-c4ccc(OCCN5CCNCC5)cc4)c(C)c23)C1=O.Cl. The van der Waals surface area contributed by atoms with Gasteiger partial charge in [0, 0.05) is 49.3 Å². The van der Waals surface area contributed by atoms with E-state index in [1.54, 1.807) is 18.3 Å². The zero-order valence-electron chi connectivity index (χ0n) is 22.1. The summed E-state index contributed by atoms with van der Waals surface area (Å²) in [5, 5.41) is 7.14. The number of aromatic nitrogens is 2. The first kappa shape index (κ1) is 28.2. The Balaban J connectivity index is 0.00000323. The normalized spacial score (nSPS) is 15.8. The van der Waals surface area contributed by atoms with Gasteiger partial charge in [-0.3, -0.25) is 19.9 Å². The van der Waals surface area contributed by atoms with Crippen molar-refractivity contribution in [3.8, 4) is 26.9 Å². The first-order valence-electron chi connectivity index (χ1n) is 12.8. The Kier molecular flexibility index (Phi) is 8.48. The van der Waals surface area contributed by atoms with Gasteiger partial charge in [-0.05, 0) is 60.7 Å². The summed E-state index contributed by atoms with van der Waals surface area (Å²) >= 11 is 3.10. The van der Waals surface area contributed by atoms with Gasteiger partial charge in [-0.2, -0.15) is 5.01 Å². The van der Waals surface area contributed by atoms with E-state index < -0.39 is 5.91 Å². The predicted octanol–water partition coefficient (Wildman–Crippen LogP) is 4.74. The quantitative estimate of drug-likeness (QED) is 0.281. The summed E-state index contributed by atoms with van der Waals surface area (Å²) in [6, 6.07) is 12.0. The van der Waals surface area contributed by atoms with Gasteiger partial charge in [0.15, 0.2) is 11.6 Å². The minimum absolute atomic E-state index is 0. The highest BCUT2D eigenvalue weighted by molar-refractivity contribution is 7.22. The molecule has 1 aromatic carbocycles. The average molecular weight is 597 g/mol. The van der Waals surface area contributed by atoms with E-state index in [0.717, 1.165) is 74.6 Å². The number of thiophene rings is 2. The van der Waals surface area contributed by atoms with Crippen LogP contribution in [0.3, 0.4) is 0 Å². The van der Waals surface area contributed by atoms with Crippen molar-refractivity contribution < 1.29 is 14.3 Å². The number of imide groups is 1. The molecule has 9 nitrogen and oxygen atoms in total. The van der Waals surface area contributed by atoms with Crippen LogP contribution in [0.1, 0.15) is 12.5 Å². The van der Waals surface area contributed by atoms with Crippen LogP contribution >= 0.6 is 35.1 Å². The second-order valence-electron chi connectivity index (χ2n) is 9.49. The van der Waals surface area contributed by atoms with Gasteiger partial charge in [-0.1, -0.05) is 6.07 Å². The molecule has 2 aliphatic rings. The van der Waals surface area contributed by atoms with Crippen molar-refractivity contribution in [3.63, 3.8) is 0 Å². The lowest BCUT2D eigenvalue weighted by Gasteiger charge is -2.26. The topological polar surface area (TPSA) is 99.7 Å². The van der Waals surface area contributed by atoms with E-state index in [4.69, 9.17) is 14.7 Å². The maximum Gasteiger partial charge on any atom is 0.275 e. The molecule has 0 atom stereocenters. The predicted molar refractivity (Wildman–Crippen MR) is 162 cm³/mol. The van der Waals surface area contributed by atoms with E-state index in [0.29, 0.717) is 23.8 Å². The van der Waals surface area contributed by atoms with Crippen LogP contribution in [0.5, 0.6) is 5.75 Å². The number of fused-ring (bicyclic) bond motifs is 1. The maximum atomic E-state index is 12.6. The van der Waals surface area contributed by atoms with Crippen LogP contribution in [0.25, 0.3) is 31.4 Å². The number of nitrogens with one attached hydrogen (secondary N) is 2. The smallest absolute Gasteiger partial charge is 0.275 e. The molecule has 6 rings (SSSR count). The van der Waals surface area contributed by atoms with Crippen molar-refractivity contribution >= 4 is 62.9 Å². The maximum absolute atomic E-state index is 12.6. The van der Waals surface area contributed by atoms with Crippen molar-refractivity contribution in [1.82, 2.24) is 25.2 Å². The van der Waals surface area contributed by atoms with Crippen LogP contribution in [-0.2, 0) is 9.59 Å². The number of piperazine rings is 1. The zero-order chi connectivity index (χ0) is 26.9. The lowest BCUT2D eigenvalue weighted by Crippen LogP contribution is -2.44. The fraction of sp³-hybridized carbons (Fsp3) is 0.286. The van der Waals surface area contributed by atoms with Gasteiger partial charge in [0.2, 0.25) is 0 Å². The second kappa shape index (κ2) is 12.0. The lowest BCUT2D eigenvalue weighted by atomic mass is 10.1. The molecule has 0 radical (unpaired) electrons. The van der Waals surface area contributed by atoms with Gasteiger partial charge in [0.05, 0.1) is 10.3 Å². The highest BCUT2D eigenvalue weighted by atomic mass is 35.5. The molecule has 2 amide bonds. The molecule has 4 aromatic rings. The molecule has 0 spiro atoms. The summed E-state index contributed by atoms with van der Waals surface area (Å²) in [6.07, 6.45) is 1.33. The molecule has 0 bridgehead atoms. The average Bonchev–Trinajstić information content (AvgIpc) is 3.66. The molecule has 2 N–H and O–H groups in total. The van der Waals surface area contributed by atoms with Gasteiger partial charge in [0.1, 0.15) is 17.2 Å². The minimum atomic E-state index is -0.414. The van der Waals surface area contributed by atoms with Crippen LogP contribution in [0.15, 0.2) is 53.4 Å². The third kappa shape index (κ3) is 5.61. The number of benzene rings is 1. The largest absolute Gasteiger partial charge is 0.492 e. The standard InChI is InChI=1S/C28H28N6O3S2.ClH/c1-17-16-22(35)34(28(17)36)32-26-23-18(2)24(39-27(23)31-25(30-26)21-4-3-15-38-21)19-5-7-20(8-6-19)37-14-13-33-11-9-29-10-12-33;/h3-8,15-16,29H,9-14H2,1-2H3,(H,30,31,32);1H. The Morgan fingerprint density at radius 1 is 1.07 bits per heavy atom. The van der Waals surface area contributed by atoms with E-state index in [1.165, 1.54) is 17.4 Å². The van der Waals surface area contributed by atoms with Crippen LogP contribution < -0.4 is 15.5 Å². The summed E-state index contributed by atoms with van der Waals surface area (Å²) in [4.78, 5) is 39.8. The molecule has 3 aromatic heterocycles. The van der Waals surface area contributed by atoms with Gasteiger partial charge >= 0.3 is 0 Å². The third-order valence-corrected chi connectivity index (χ3v) is 8.95. The number of ether oxygens (including phenoxy) is 1. The van der Waals surface area contributed by atoms with E-state index in [9.17, 15) is 9.59 Å². The number of halogens is 1. The van der Waals surface area contributed by atoms with Crippen LogP contribution in [0.4, 0.5) is 5.82 Å². The van der Waals surface area contributed by atoms with Gasteiger partial charge < -0.3 is 10.1 Å². The van der Waals surface area contributed by atoms with E-state index >= 15 is 0 Å². The van der Waals surface area contributed by atoms with Crippen molar-refractivity contribution in [2.45, 2.75) is 13.8 Å². The number of amides is 2. The molecule has 2 aliphatic heterocycles.